The fourth-order valence-electron chi connectivity index (χ4n) is 5.29. The molecule has 0 amide bonds. The summed E-state index contributed by atoms with van der Waals surface area (Å²) in [6.07, 6.45) is 4.19. The summed E-state index contributed by atoms with van der Waals surface area (Å²) >= 11 is 0. The Morgan fingerprint density at radius 3 is 2.56 bits per heavy atom. The van der Waals surface area contributed by atoms with E-state index in [0.29, 0.717) is 30.0 Å². The van der Waals surface area contributed by atoms with E-state index in [4.69, 9.17) is 0 Å². The molecule has 1 N–H and O–H groups in total. The Bertz CT molecular complexity index is 360. The van der Waals surface area contributed by atoms with Crippen LogP contribution >= 0.6 is 0 Å². The predicted octanol–water partition coefficient (Wildman–Crippen LogP) is 2.54. The molecule has 4 atom stereocenters. The second-order valence-electron chi connectivity index (χ2n) is 7.12. The van der Waals surface area contributed by atoms with E-state index < -0.39 is 0 Å². The van der Waals surface area contributed by atoms with Crippen LogP contribution in [-0.4, -0.2) is 17.0 Å². The number of rotatable bonds is 0. The number of Topliss-reactive ketones (excluding diaryl/α,β-unsaturated/α-hetero) is 1. The Hall–Kier alpha value is -0.370. The first-order valence-corrected chi connectivity index (χ1v) is 6.56. The van der Waals surface area contributed by atoms with E-state index in [-0.39, 0.29) is 16.9 Å². The van der Waals surface area contributed by atoms with Crippen molar-refractivity contribution in [1.82, 2.24) is 0 Å². The molecule has 0 unspecified atom stereocenters. The molecule has 0 heterocycles. The SMILES string of the molecule is CC1(C)C[C@@]23C(=O)CC[C@H](O)[C@]2(C)CC[C@@H]13. The first kappa shape index (κ1) is 10.8. The topological polar surface area (TPSA) is 37.3 Å². The van der Waals surface area contributed by atoms with Crippen molar-refractivity contribution < 1.29 is 9.90 Å². The van der Waals surface area contributed by atoms with E-state index in [2.05, 4.69) is 20.8 Å². The molecule has 0 aromatic rings. The molecule has 0 aliphatic heterocycles. The van der Waals surface area contributed by atoms with Gasteiger partial charge in [-0.2, -0.15) is 0 Å². The molecule has 3 saturated carbocycles. The normalized spacial score (nSPS) is 54.1. The molecule has 1 spiro atoms. The highest BCUT2D eigenvalue weighted by molar-refractivity contribution is 5.89. The highest BCUT2D eigenvalue weighted by Crippen LogP contribution is 2.76. The predicted molar refractivity (Wildman–Crippen MR) is 61.9 cm³/mol. The molecule has 3 rings (SSSR count). The van der Waals surface area contributed by atoms with Crippen LogP contribution in [0.1, 0.15) is 52.9 Å². The van der Waals surface area contributed by atoms with Crippen LogP contribution < -0.4 is 0 Å². The van der Waals surface area contributed by atoms with Crippen molar-refractivity contribution in [3.8, 4) is 0 Å². The zero-order valence-electron chi connectivity index (χ0n) is 10.5. The third-order valence-electron chi connectivity index (χ3n) is 6.12. The largest absolute Gasteiger partial charge is 0.393 e. The minimum absolute atomic E-state index is 0.122. The van der Waals surface area contributed by atoms with Gasteiger partial charge in [-0.15, -0.1) is 0 Å². The van der Waals surface area contributed by atoms with Crippen molar-refractivity contribution in [3.63, 3.8) is 0 Å². The van der Waals surface area contributed by atoms with Gasteiger partial charge in [-0.25, -0.2) is 0 Å². The van der Waals surface area contributed by atoms with Crippen LogP contribution in [0.4, 0.5) is 0 Å². The van der Waals surface area contributed by atoms with Gasteiger partial charge < -0.3 is 5.11 Å². The quantitative estimate of drug-likeness (QED) is 0.684. The highest BCUT2D eigenvalue weighted by atomic mass is 16.3. The van der Waals surface area contributed by atoms with Crippen LogP contribution in [0.5, 0.6) is 0 Å². The molecule has 90 valence electrons. The maximum Gasteiger partial charge on any atom is 0.140 e. The molecule has 0 saturated heterocycles. The summed E-state index contributed by atoms with van der Waals surface area (Å²) in [6.45, 7) is 6.72. The molecule has 0 aromatic heterocycles. The van der Waals surface area contributed by atoms with Gasteiger partial charge in [-0.05, 0) is 37.0 Å². The van der Waals surface area contributed by atoms with Crippen LogP contribution in [0.2, 0.25) is 0 Å². The summed E-state index contributed by atoms with van der Waals surface area (Å²) in [5.74, 6) is 0.967. The van der Waals surface area contributed by atoms with Gasteiger partial charge in [0, 0.05) is 17.3 Å². The van der Waals surface area contributed by atoms with Gasteiger partial charge in [-0.3, -0.25) is 4.79 Å². The van der Waals surface area contributed by atoms with Crippen LogP contribution in [0.15, 0.2) is 0 Å². The van der Waals surface area contributed by atoms with Gasteiger partial charge in [0.15, 0.2) is 0 Å². The van der Waals surface area contributed by atoms with E-state index in [1.165, 1.54) is 0 Å². The molecule has 2 nitrogen and oxygen atoms in total. The summed E-state index contributed by atoms with van der Waals surface area (Å²) in [4.78, 5) is 12.4. The molecule has 0 aromatic carbocycles. The number of aliphatic hydroxyl groups excluding tert-OH is 1. The number of aliphatic hydroxyl groups is 1. The highest BCUT2D eigenvalue weighted by Gasteiger charge is 2.74. The van der Waals surface area contributed by atoms with Crippen molar-refractivity contribution in [2.75, 3.05) is 0 Å². The fourth-order valence-corrected chi connectivity index (χ4v) is 5.29. The zero-order valence-corrected chi connectivity index (χ0v) is 10.5. The van der Waals surface area contributed by atoms with Gasteiger partial charge in [0.2, 0.25) is 0 Å². The number of hydrogen-bond donors (Lipinski definition) is 1. The Morgan fingerprint density at radius 2 is 1.94 bits per heavy atom. The van der Waals surface area contributed by atoms with Crippen molar-refractivity contribution >= 4 is 5.78 Å². The molecule has 0 radical (unpaired) electrons. The first-order valence-electron chi connectivity index (χ1n) is 6.56. The standard InChI is InChI=1S/C14H22O2/c1-12(2)8-14-9(12)6-7-13(14,3)10(15)4-5-11(14)16/h9-10,15H,4-8H2,1-3H3/t9-,10-,13-,14+/m0/s1. The minimum atomic E-state index is -0.258. The van der Waals surface area contributed by atoms with Gasteiger partial charge in [-0.1, -0.05) is 20.8 Å². The molecule has 16 heavy (non-hydrogen) atoms. The van der Waals surface area contributed by atoms with Gasteiger partial charge in [0.1, 0.15) is 5.78 Å². The van der Waals surface area contributed by atoms with Gasteiger partial charge >= 0.3 is 0 Å². The van der Waals surface area contributed by atoms with E-state index in [1.54, 1.807) is 0 Å². The summed E-state index contributed by atoms with van der Waals surface area (Å²) in [7, 11) is 0. The van der Waals surface area contributed by atoms with Crippen LogP contribution in [-0.2, 0) is 4.79 Å². The second kappa shape index (κ2) is 2.72. The Morgan fingerprint density at radius 1 is 1.25 bits per heavy atom. The van der Waals surface area contributed by atoms with E-state index in [0.717, 1.165) is 19.3 Å². The molecule has 3 fully saturated rings. The van der Waals surface area contributed by atoms with Gasteiger partial charge in [0.25, 0.3) is 0 Å². The Labute approximate surface area is 97.4 Å². The lowest BCUT2D eigenvalue weighted by molar-refractivity contribution is -0.199. The van der Waals surface area contributed by atoms with E-state index in [9.17, 15) is 9.90 Å². The Kier molecular flexibility index (Phi) is 1.83. The monoisotopic (exact) mass is 222 g/mol. The lowest BCUT2D eigenvalue weighted by Gasteiger charge is -2.64. The fraction of sp³-hybridized carbons (Fsp3) is 0.929. The lowest BCUT2D eigenvalue weighted by atomic mass is 9.38. The third kappa shape index (κ3) is 0.883. The summed E-state index contributed by atoms with van der Waals surface area (Å²) in [5, 5.41) is 10.3. The average molecular weight is 222 g/mol. The minimum Gasteiger partial charge on any atom is -0.393 e. The molecule has 3 aliphatic carbocycles. The molecule has 2 heteroatoms. The van der Waals surface area contributed by atoms with Crippen LogP contribution in [0.3, 0.4) is 0 Å². The van der Waals surface area contributed by atoms with Crippen LogP contribution in [0.25, 0.3) is 0 Å². The van der Waals surface area contributed by atoms with Crippen molar-refractivity contribution in [2.24, 2.45) is 22.2 Å². The smallest absolute Gasteiger partial charge is 0.140 e. The zero-order chi connectivity index (χ0) is 11.8. The van der Waals surface area contributed by atoms with Crippen molar-refractivity contribution in [2.45, 2.75) is 59.0 Å². The van der Waals surface area contributed by atoms with E-state index >= 15 is 0 Å². The number of ketones is 1. The average Bonchev–Trinajstić information content (AvgIpc) is 2.45. The lowest BCUT2D eigenvalue weighted by Crippen LogP contribution is -2.65. The van der Waals surface area contributed by atoms with Crippen molar-refractivity contribution in [3.05, 3.63) is 0 Å². The van der Waals surface area contributed by atoms with E-state index in [1.807, 2.05) is 0 Å². The Balaban J connectivity index is 2.08. The third-order valence-corrected chi connectivity index (χ3v) is 6.12. The maximum atomic E-state index is 12.4. The van der Waals surface area contributed by atoms with Gasteiger partial charge in [0.05, 0.1) is 6.10 Å². The summed E-state index contributed by atoms with van der Waals surface area (Å²) in [5.41, 5.74) is 0.0289. The summed E-state index contributed by atoms with van der Waals surface area (Å²) in [6, 6.07) is 0. The molecule has 3 aliphatic rings. The van der Waals surface area contributed by atoms with Crippen molar-refractivity contribution in [1.29, 1.82) is 0 Å². The summed E-state index contributed by atoms with van der Waals surface area (Å²) < 4.78 is 0. The molecule has 0 bridgehead atoms. The molecular formula is C14H22O2. The molecular weight excluding hydrogens is 200 g/mol. The maximum absolute atomic E-state index is 12.4. The number of carbonyl (C=O) groups is 1. The first-order chi connectivity index (χ1) is 7.34. The second-order valence-corrected chi connectivity index (χ2v) is 7.12. The number of hydrogen-bond acceptors (Lipinski definition) is 2. The number of carbonyl (C=O) groups excluding carboxylic acids is 1. The van der Waals surface area contributed by atoms with Crippen LogP contribution in [0, 0.1) is 22.2 Å².